The van der Waals surface area contributed by atoms with Crippen LogP contribution in [-0.4, -0.2) is 0 Å². The van der Waals surface area contributed by atoms with Crippen molar-refractivity contribution in [3.8, 4) is 0 Å². The molecule has 1 saturated carbocycles. The summed E-state index contributed by atoms with van der Waals surface area (Å²) in [6.45, 7) is 4.38. The van der Waals surface area contributed by atoms with Crippen LogP contribution < -0.4 is 0 Å². The van der Waals surface area contributed by atoms with Gasteiger partial charge in [-0.05, 0) is 50.9 Å². The van der Waals surface area contributed by atoms with E-state index in [4.69, 9.17) is 0 Å². The number of unbranched alkanes of at least 4 members (excludes halogenated alkanes) is 1. The normalized spacial score (nSPS) is 25.2. The third-order valence-electron chi connectivity index (χ3n) is 4.31. The van der Waals surface area contributed by atoms with Gasteiger partial charge in [0.2, 0.25) is 0 Å². The van der Waals surface area contributed by atoms with Crippen molar-refractivity contribution in [3.63, 3.8) is 0 Å². The highest BCUT2D eigenvalue weighted by molar-refractivity contribution is 4.84. The summed E-state index contributed by atoms with van der Waals surface area (Å²) in [6.07, 6.45) is 23.2. The molecule has 0 aromatic carbocycles. The van der Waals surface area contributed by atoms with Crippen molar-refractivity contribution < 1.29 is 0 Å². The molecule has 0 nitrogen and oxygen atoms in total. The monoisotopic (exact) mass is 248 g/mol. The molecule has 0 aromatic heterocycles. The summed E-state index contributed by atoms with van der Waals surface area (Å²) in [6, 6.07) is 0. The molecule has 0 heterocycles. The third kappa shape index (κ3) is 7.03. The maximum atomic E-state index is 2.40. The summed E-state index contributed by atoms with van der Waals surface area (Å²) < 4.78 is 0. The van der Waals surface area contributed by atoms with Crippen LogP contribution in [0, 0.1) is 11.8 Å². The van der Waals surface area contributed by atoms with Gasteiger partial charge < -0.3 is 0 Å². The second-order valence-electron chi connectivity index (χ2n) is 5.87. The van der Waals surface area contributed by atoms with Crippen LogP contribution in [0.25, 0.3) is 0 Å². The van der Waals surface area contributed by atoms with Gasteiger partial charge in [0.15, 0.2) is 0 Å². The Labute approximate surface area is 115 Å². The van der Waals surface area contributed by atoms with Gasteiger partial charge in [-0.25, -0.2) is 0 Å². The van der Waals surface area contributed by atoms with Gasteiger partial charge in [0.25, 0.3) is 0 Å². The topological polar surface area (TPSA) is 0 Å². The summed E-state index contributed by atoms with van der Waals surface area (Å²) in [4.78, 5) is 0. The summed E-state index contributed by atoms with van der Waals surface area (Å²) in [5.74, 6) is 2.04. The van der Waals surface area contributed by atoms with Crippen LogP contribution in [0.3, 0.4) is 0 Å². The molecule has 0 radical (unpaired) electrons. The number of rotatable bonds is 8. The molecular weight excluding hydrogens is 216 g/mol. The molecule has 0 bridgehead atoms. The van der Waals surface area contributed by atoms with E-state index >= 15 is 0 Å². The molecular formula is C18H32. The molecule has 0 amide bonds. The van der Waals surface area contributed by atoms with Crippen LogP contribution in [0.5, 0.6) is 0 Å². The van der Waals surface area contributed by atoms with Crippen LogP contribution in [-0.2, 0) is 0 Å². The Kier molecular flexibility index (Phi) is 8.98. The van der Waals surface area contributed by atoms with Crippen LogP contribution >= 0.6 is 0 Å². The molecule has 0 N–H and O–H groups in total. The molecule has 0 aromatic rings. The highest BCUT2D eigenvalue weighted by Crippen LogP contribution is 2.33. The summed E-state index contributed by atoms with van der Waals surface area (Å²) in [7, 11) is 0. The lowest BCUT2D eigenvalue weighted by molar-refractivity contribution is 0.255. The predicted molar refractivity (Wildman–Crippen MR) is 82.8 cm³/mol. The van der Waals surface area contributed by atoms with Crippen molar-refractivity contribution in [2.24, 2.45) is 11.8 Å². The number of allylic oxidation sites excluding steroid dienone is 4. The minimum atomic E-state index is 1.02. The average Bonchev–Trinajstić information content (AvgIpc) is 2.40. The van der Waals surface area contributed by atoms with Gasteiger partial charge in [-0.3, -0.25) is 0 Å². The van der Waals surface area contributed by atoms with E-state index in [1.54, 1.807) is 0 Å². The van der Waals surface area contributed by atoms with E-state index in [9.17, 15) is 0 Å². The first-order chi connectivity index (χ1) is 8.86. The van der Waals surface area contributed by atoms with E-state index in [2.05, 4.69) is 38.2 Å². The Hall–Kier alpha value is -0.520. The molecule has 1 fully saturated rings. The van der Waals surface area contributed by atoms with E-state index in [0.717, 1.165) is 11.8 Å². The van der Waals surface area contributed by atoms with Crippen molar-refractivity contribution in [1.29, 1.82) is 0 Å². The lowest BCUT2D eigenvalue weighted by Gasteiger charge is -2.28. The Balaban J connectivity index is 2.04. The molecule has 1 rings (SSSR count). The second kappa shape index (κ2) is 10.4. The minimum absolute atomic E-state index is 1.02. The highest BCUT2D eigenvalue weighted by atomic mass is 14.2. The molecule has 0 unspecified atom stereocenters. The molecule has 18 heavy (non-hydrogen) atoms. The smallest absolute Gasteiger partial charge is 0.0348 e. The first kappa shape index (κ1) is 15.5. The van der Waals surface area contributed by atoms with Crippen LogP contribution in [0.2, 0.25) is 0 Å². The summed E-state index contributed by atoms with van der Waals surface area (Å²) >= 11 is 0. The molecule has 0 spiro atoms. The second-order valence-corrected chi connectivity index (χ2v) is 5.87. The van der Waals surface area contributed by atoms with Crippen LogP contribution in [0.15, 0.2) is 24.3 Å². The Morgan fingerprint density at radius 2 is 1.28 bits per heavy atom. The third-order valence-corrected chi connectivity index (χ3v) is 4.31. The number of hydrogen-bond donors (Lipinski definition) is 0. The zero-order valence-electron chi connectivity index (χ0n) is 12.5. The Bertz CT molecular complexity index is 228. The summed E-state index contributed by atoms with van der Waals surface area (Å²) in [5, 5.41) is 0. The van der Waals surface area contributed by atoms with Gasteiger partial charge in [-0.15, -0.1) is 0 Å². The van der Waals surface area contributed by atoms with Crippen molar-refractivity contribution in [2.75, 3.05) is 0 Å². The van der Waals surface area contributed by atoms with E-state index < -0.39 is 0 Å². The molecule has 1 aliphatic carbocycles. The van der Waals surface area contributed by atoms with E-state index in [-0.39, 0.29) is 0 Å². The number of hydrogen-bond acceptors (Lipinski definition) is 0. The average molecular weight is 248 g/mol. The predicted octanol–water partition coefficient (Wildman–Crippen LogP) is 6.29. The quantitative estimate of drug-likeness (QED) is 0.443. The van der Waals surface area contributed by atoms with Gasteiger partial charge in [0.05, 0.1) is 0 Å². The van der Waals surface area contributed by atoms with E-state index in [1.165, 1.54) is 64.2 Å². The Morgan fingerprint density at radius 1 is 0.778 bits per heavy atom. The minimum Gasteiger partial charge on any atom is -0.0917 e. The lowest BCUT2D eigenvalue weighted by Crippen LogP contribution is -2.14. The van der Waals surface area contributed by atoms with Gasteiger partial charge in [-0.1, -0.05) is 63.3 Å². The standard InChI is InChI=1S/C18H32/c1-3-5-7-8-10-12-18-15-13-17(14-16-18)11-9-6-4-2/h4,6-8,17-18H,3,5,9-16H2,1-2H3. The highest BCUT2D eigenvalue weighted by Gasteiger charge is 2.19. The van der Waals surface area contributed by atoms with E-state index in [1.807, 2.05) is 0 Å². The molecule has 1 aliphatic rings. The molecule has 104 valence electrons. The van der Waals surface area contributed by atoms with Crippen molar-refractivity contribution in [2.45, 2.75) is 78.1 Å². The van der Waals surface area contributed by atoms with Gasteiger partial charge in [0, 0.05) is 0 Å². The van der Waals surface area contributed by atoms with Crippen LogP contribution in [0.1, 0.15) is 78.1 Å². The van der Waals surface area contributed by atoms with Crippen molar-refractivity contribution >= 4 is 0 Å². The zero-order valence-corrected chi connectivity index (χ0v) is 12.5. The van der Waals surface area contributed by atoms with E-state index in [0.29, 0.717) is 0 Å². The first-order valence-corrected chi connectivity index (χ1v) is 8.13. The first-order valence-electron chi connectivity index (χ1n) is 8.13. The fourth-order valence-corrected chi connectivity index (χ4v) is 3.04. The molecule has 0 saturated heterocycles. The summed E-state index contributed by atoms with van der Waals surface area (Å²) in [5.41, 5.74) is 0. The Morgan fingerprint density at radius 3 is 1.78 bits per heavy atom. The largest absolute Gasteiger partial charge is 0.0917 e. The van der Waals surface area contributed by atoms with Crippen molar-refractivity contribution in [1.82, 2.24) is 0 Å². The fourth-order valence-electron chi connectivity index (χ4n) is 3.04. The van der Waals surface area contributed by atoms with Crippen molar-refractivity contribution in [3.05, 3.63) is 24.3 Å². The lowest BCUT2D eigenvalue weighted by atomic mass is 9.78. The van der Waals surface area contributed by atoms with Crippen LogP contribution in [0.4, 0.5) is 0 Å². The zero-order chi connectivity index (χ0) is 13.1. The van der Waals surface area contributed by atoms with Gasteiger partial charge >= 0.3 is 0 Å². The SMILES string of the molecule is CC=CCCC1CCC(CCC=CCCC)CC1. The van der Waals surface area contributed by atoms with Gasteiger partial charge in [0.1, 0.15) is 0 Å². The van der Waals surface area contributed by atoms with Gasteiger partial charge in [-0.2, -0.15) is 0 Å². The molecule has 0 heteroatoms. The molecule has 0 aliphatic heterocycles. The maximum absolute atomic E-state index is 2.40. The molecule has 0 atom stereocenters. The fraction of sp³-hybridized carbons (Fsp3) is 0.778. The maximum Gasteiger partial charge on any atom is -0.0348 e.